The number of nitrogens with zero attached hydrogens (tertiary/aromatic N) is 1. The number of carboxylic acids is 1. The SMILES string of the molecule is CC(C)C[C@H](Nc1ccccn1)C(=O)O. The van der Waals surface area contributed by atoms with Gasteiger partial charge in [0, 0.05) is 6.20 Å². The monoisotopic (exact) mass is 208 g/mol. The number of hydrogen-bond donors (Lipinski definition) is 2. The van der Waals surface area contributed by atoms with Crippen molar-refractivity contribution in [2.75, 3.05) is 5.32 Å². The zero-order valence-electron chi connectivity index (χ0n) is 8.97. The predicted octanol–water partition coefficient (Wildman–Crippen LogP) is 1.99. The van der Waals surface area contributed by atoms with E-state index >= 15 is 0 Å². The number of nitrogens with one attached hydrogen (secondary N) is 1. The summed E-state index contributed by atoms with van der Waals surface area (Å²) in [4.78, 5) is 15.0. The van der Waals surface area contributed by atoms with Crippen LogP contribution in [-0.2, 0) is 4.79 Å². The van der Waals surface area contributed by atoms with Gasteiger partial charge in [-0.1, -0.05) is 19.9 Å². The molecule has 82 valence electrons. The van der Waals surface area contributed by atoms with E-state index in [0.29, 0.717) is 18.2 Å². The van der Waals surface area contributed by atoms with Crippen LogP contribution in [0.3, 0.4) is 0 Å². The van der Waals surface area contributed by atoms with Crippen LogP contribution in [0.25, 0.3) is 0 Å². The Morgan fingerprint density at radius 1 is 1.53 bits per heavy atom. The molecule has 2 N–H and O–H groups in total. The summed E-state index contributed by atoms with van der Waals surface area (Å²) in [5, 5.41) is 11.9. The summed E-state index contributed by atoms with van der Waals surface area (Å²) in [6.45, 7) is 3.99. The zero-order valence-corrected chi connectivity index (χ0v) is 8.97. The fourth-order valence-electron chi connectivity index (χ4n) is 1.32. The van der Waals surface area contributed by atoms with Crippen LogP contribution in [0, 0.1) is 5.92 Å². The number of hydrogen-bond acceptors (Lipinski definition) is 3. The molecule has 0 radical (unpaired) electrons. The van der Waals surface area contributed by atoms with E-state index in [1.54, 1.807) is 18.3 Å². The van der Waals surface area contributed by atoms with Crippen LogP contribution < -0.4 is 5.32 Å². The standard InChI is InChI=1S/C11H16N2O2/c1-8(2)7-9(11(14)15)13-10-5-3-4-6-12-10/h3-6,8-9H,7H2,1-2H3,(H,12,13)(H,14,15)/t9-/m0/s1. The molecule has 0 aromatic carbocycles. The van der Waals surface area contributed by atoms with Crippen molar-refractivity contribution in [3.05, 3.63) is 24.4 Å². The molecular weight excluding hydrogens is 192 g/mol. The van der Waals surface area contributed by atoms with Gasteiger partial charge in [-0.15, -0.1) is 0 Å². The summed E-state index contributed by atoms with van der Waals surface area (Å²) in [6.07, 6.45) is 2.22. The molecule has 0 amide bonds. The molecule has 1 rings (SSSR count). The fourth-order valence-corrected chi connectivity index (χ4v) is 1.32. The lowest BCUT2D eigenvalue weighted by molar-refractivity contribution is -0.138. The maximum Gasteiger partial charge on any atom is 0.326 e. The largest absolute Gasteiger partial charge is 0.480 e. The van der Waals surface area contributed by atoms with Crippen molar-refractivity contribution in [2.45, 2.75) is 26.3 Å². The Balaban J connectivity index is 2.63. The van der Waals surface area contributed by atoms with Gasteiger partial charge in [0.25, 0.3) is 0 Å². The van der Waals surface area contributed by atoms with E-state index in [9.17, 15) is 4.79 Å². The molecule has 0 aliphatic rings. The molecule has 4 nitrogen and oxygen atoms in total. The van der Waals surface area contributed by atoms with Crippen molar-refractivity contribution < 1.29 is 9.90 Å². The molecule has 0 saturated heterocycles. The Morgan fingerprint density at radius 3 is 2.73 bits per heavy atom. The summed E-state index contributed by atoms with van der Waals surface area (Å²) in [7, 11) is 0. The molecule has 0 fully saturated rings. The van der Waals surface area contributed by atoms with Gasteiger partial charge in [0.2, 0.25) is 0 Å². The molecule has 0 unspecified atom stereocenters. The van der Waals surface area contributed by atoms with E-state index in [1.807, 2.05) is 19.9 Å². The number of aliphatic carboxylic acids is 1. The minimum atomic E-state index is -0.839. The quantitative estimate of drug-likeness (QED) is 0.776. The number of anilines is 1. The van der Waals surface area contributed by atoms with Crippen molar-refractivity contribution >= 4 is 11.8 Å². The lowest BCUT2D eigenvalue weighted by Crippen LogP contribution is -2.31. The highest BCUT2D eigenvalue weighted by atomic mass is 16.4. The summed E-state index contributed by atoms with van der Waals surface area (Å²) >= 11 is 0. The smallest absolute Gasteiger partial charge is 0.326 e. The third-order valence-corrected chi connectivity index (χ3v) is 1.99. The maximum absolute atomic E-state index is 10.9. The Bertz CT molecular complexity index is 312. The molecule has 4 heteroatoms. The van der Waals surface area contributed by atoms with Crippen LogP contribution >= 0.6 is 0 Å². The van der Waals surface area contributed by atoms with Crippen molar-refractivity contribution in [3.63, 3.8) is 0 Å². The molecule has 0 aliphatic carbocycles. The first-order valence-electron chi connectivity index (χ1n) is 5.00. The molecule has 0 bridgehead atoms. The second kappa shape index (κ2) is 5.34. The number of aromatic nitrogens is 1. The van der Waals surface area contributed by atoms with Gasteiger partial charge in [-0.3, -0.25) is 0 Å². The maximum atomic E-state index is 10.9. The van der Waals surface area contributed by atoms with Crippen LogP contribution in [0.4, 0.5) is 5.82 Å². The van der Waals surface area contributed by atoms with Gasteiger partial charge in [0.15, 0.2) is 0 Å². The van der Waals surface area contributed by atoms with E-state index in [2.05, 4.69) is 10.3 Å². The zero-order chi connectivity index (χ0) is 11.3. The first-order valence-corrected chi connectivity index (χ1v) is 5.00. The third kappa shape index (κ3) is 3.97. The lowest BCUT2D eigenvalue weighted by Gasteiger charge is -2.16. The van der Waals surface area contributed by atoms with E-state index in [0.717, 1.165) is 0 Å². The topological polar surface area (TPSA) is 62.2 Å². The Hall–Kier alpha value is -1.58. The Labute approximate surface area is 89.3 Å². The van der Waals surface area contributed by atoms with Crippen LogP contribution in [0.15, 0.2) is 24.4 Å². The van der Waals surface area contributed by atoms with Crippen molar-refractivity contribution in [2.24, 2.45) is 5.92 Å². The second-order valence-electron chi connectivity index (χ2n) is 3.88. The Morgan fingerprint density at radius 2 is 2.27 bits per heavy atom. The molecule has 1 aromatic rings. The molecule has 0 saturated carbocycles. The summed E-state index contributed by atoms with van der Waals surface area (Å²) < 4.78 is 0. The fraction of sp³-hybridized carbons (Fsp3) is 0.455. The van der Waals surface area contributed by atoms with E-state index < -0.39 is 12.0 Å². The van der Waals surface area contributed by atoms with Gasteiger partial charge in [0.1, 0.15) is 11.9 Å². The molecule has 0 spiro atoms. The number of carboxylic acid groups (broad SMARTS) is 1. The van der Waals surface area contributed by atoms with Crippen molar-refractivity contribution in [1.29, 1.82) is 0 Å². The highest BCUT2D eigenvalue weighted by Gasteiger charge is 2.18. The van der Waals surface area contributed by atoms with Gasteiger partial charge >= 0.3 is 5.97 Å². The van der Waals surface area contributed by atoms with E-state index in [-0.39, 0.29) is 0 Å². The second-order valence-corrected chi connectivity index (χ2v) is 3.88. The molecule has 1 atom stereocenters. The molecular formula is C11H16N2O2. The molecule has 0 aliphatic heterocycles. The van der Waals surface area contributed by atoms with Crippen LogP contribution in [0.1, 0.15) is 20.3 Å². The average molecular weight is 208 g/mol. The minimum absolute atomic E-state index is 0.335. The third-order valence-electron chi connectivity index (χ3n) is 1.99. The van der Waals surface area contributed by atoms with Crippen molar-refractivity contribution in [3.8, 4) is 0 Å². The summed E-state index contributed by atoms with van der Waals surface area (Å²) in [5.41, 5.74) is 0. The van der Waals surface area contributed by atoms with Gasteiger partial charge < -0.3 is 10.4 Å². The highest BCUT2D eigenvalue weighted by Crippen LogP contribution is 2.10. The summed E-state index contributed by atoms with van der Waals surface area (Å²) in [6, 6.07) is 4.81. The normalized spacial score (nSPS) is 12.5. The minimum Gasteiger partial charge on any atom is -0.480 e. The van der Waals surface area contributed by atoms with Gasteiger partial charge in [-0.05, 0) is 24.5 Å². The van der Waals surface area contributed by atoms with Gasteiger partial charge in [-0.25, -0.2) is 9.78 Å². The lowest BCUT2D eigenvalue weighted by atomic mass is 10.0. The predicted molar refractivity (Wildman–Crippen MR) is 58.7 cm³/mol. The van der Waals surface area contributed by atoms with Gasteiger partial charge in [0.05, 0.1) is 0 Å². The number of pyridine rings is 1. The van der Waals surface area contributed by atoms with Crippen LogP contribution in [0.5, 0.6) is 0 Å². The first kappa shape index (κ1) is 11.5. The van der Waals surface area contributed by atoms with Crippen molar-refractivity contribution in [1.82, 2.24) is 4.98 Å². The van der Waals surface area contributed by atoms with E-state index in [1.165, 1.54) is 0 Å². The Kier molecular flexibility index (Phi) is 4.09. The summed E-state index contributed by atoms with van der Waals surface area (Å²) in [5.74, 6) is 0.0993. The van der Waals surface area contributed by atoms with Crippen LogP contribution in [0.2, 0.25) is 0 Å². The van der Waals surface area contributed by atoms with E-state index in [4.69, 9.17) is 5.11 Å². The highest BCUT2D eigenvalue weighted by molar-refractivity contribution is 5.76. The average Bonchev–Trinajstić information content (AvgIpc) is 2.17. The number of carbonyl (C=O) groups is 1. The molecule has 15 heavy (non-hydrogen) atoms. The first-order chi connectivity index (χ1) is 7.09. The van der Waals surface area contributed by atoms with Gasteiger partial charge in [-0.2, -0.15) is 0 Å². The molecule has 1 aromatic heterocycles. The molecule has 1 heterocycles. The van der Waals surface area contributed by atoms with Crippen LogP contribution in [-0.4, -0.2) is 22.1 Å². The number of rotatable bonds is 5.